The van der Waals surface area contributed by atoms with E-state index in [1.807, 2.05) is 11.6 Å². The van der Waals surface area contributed by atoms with Crippen LogP contribution in [0.25, 0.3) is 0 Å². The summed E-state index contributed by atoms with van der Waals surface area (Å²) >= 11 is 0. The van der Waals surface area contributed by atoms with Crippen LogP contribution >= 0.6 is 0 Å². The third kappa shape index (κ3) is 3.42. The number of aromatic nitrogens is 3. The van der Waals surface area contributed by atoms with Crippen molar-refractivity contribution in [2.24, 2.45) is 5.92 Å². The summed E-state index contributed by atoms with van der Waals surface area (Å²) in [6.45, 7) is 4.61. The van der Waals surface area contributed by atoms with Gasteiger partial charge in [0.05, 0.1) is 18.8 Å². The Bertz CT molecular complexity index is 653. The first-order chi connectivity index (χ1) is 10.9. The molecular formula is C14H25N5O3S. The van der Waals surface area contributed by atoms with E-state index in [9.17, 15) is 8.42 Å². The number of ether oxygens (including phenoxy) is 1. The summed E-state index contributed by atoms with van der Waals surface area (Å²) in [5.74, 6) is 0.666. The number of rotatable bonds is 7. The fourth-order valence-electron chi connectivity index (χ4n) is 2.96. The van der Waals surface area contributed by atoms with Gasteiger partial charge in [-0.2, -0.15) is 17.0 Å². The molecule has 1 saturated carbocycles. The molecule has 0 bridgehead atoms. The molecule has 1 aromatic heterocycles. The van der Waals surface area contributed by atoms with Gasteiger partial charge in [0.25, 0.3) is 10.2 Å². The Labute approximate surface area is 137 Å². The van der Waals surface area contributed by atoms with Crippen LogP contribution in [0.1, 0.15) is 37.1 Å². The molecule has 0 saturated heterocycles. The Morgan fingerprint density at radius 1 is 1.35 bits per heavy atom. The fourth-order valence-corrected chi connectivity index (χ4v) is 4.07. The highest BCUT2D eigenvalue weighted by Gasteiger charge is 2.38. The SMILES string of the molecule is CCOC[C@H]1CN(S(=O)(=O)N(C)C)Cc2nnn(CC3CC3)c21. The summed E-state index contributed by atoms with van der Waals surface area (Å²) in [7, 11) is -0.372. The molecule has 0 unspecified atom stereocenters. The Kier molecular flexibility index (Phi) is 4.73. The first-order valence-electron chi connectivity index (χ1n) is 8.11. The maximum Gasteiger partial charge on any atom is 0.281 e. The number of hydrogen-bond donors (Lipinski definition) is 0. The van der Waals surface area contributed by atoms with Gasteiger partial charge in [-0.05, 0) is 25.7 Å². The van der Waals surface area contributed by atoms with Gasteiger partial charge in [0, 0.05) is 39.7 Å². The third-order valence-electron chi connectivity index (χ3n) is 4.42. The van der Waals surface area contributed by atoms with Crippen LogP contribution in [0.3, 0.4) is 0 Å². The summed E-state index contributed by atoms with van der Waals surface area (Å²) in [4.78, 5) is 0. The van der Waals surface area contributed by atoms with Crippen LogP contribution in [-0.2, 0) is 28.0 Å². The van der Waals surface area contributed by atoms with Crippen molar-refractivity contribution >= 4 is 10.2 Å². The molecule has 0 N–H and O–H groups in total. The van der Waals surface area contributed by atoms with E-state index >= 15 is 0 Å². The maximum absolute atomic E-state index is 12.5. The van der Waals surface area contributed by atoms with Crippen molar-refractivity contribution in [1.82, 2.24) is 23.6 Å². The monoisotopic (exact) mass is 343 g/mol. The van der Waals surface area contributed by atoms with Crippen LogP contribution in [0.4, 0.5) is 0 Å². The molecule has 8 nitrogen and oxygen atoms in total. The predicted molar refractivity (Wildman–Crippen MR) is 85.0 cm³/mol. The predicted octanol–water partition coefficient (Wildman–Crippen LogP) is 0.430. The van der Waals surface area contributed by atoms with Gasteiger partial charge in [-0.15, -0.1) is 5.10 Å². The maximum atomic E-state index is 12.5. The average molecular weight is 343 g/mol. The zero-order valence-corrected chi connectivity index (χ0v) is 14.8. The van der Waals surface area contributed by atoms with Gasteiger partial charge in [0.2, 0.25) is 0 Å². The number of hydrogen-bond acceptors (Lipinski definition) is 5. The standard InChI is InChI=1S/C14H25N5O3S/c1-4-22-10-12-8-18(23(20,21)17(2)3)9-13-14(12)19(16-15-13)7-11-5-6-11/h11-12H,4-10H2,1-3H3/t12-/m1/s1. The highest BCUT2D eigenvalue weighted by atomic mass is 32.2. The van der Waals surface area contributed by atoms with Gasteiger partial charge in [-0.1, -0.05) is 5.21 Å². The van der Waals surface area contributed by atoms with E-state index < -0.39 is 10.2 Å². The Hall–Kier alpha value is -1.03. The molecule has 3 rings (SSSR count). The van der Waals surface area contributed by atoms with Gasteiger partial charge in [-0.25, -0.2) is 4.68 Å². The minimum Gasteiger partial charge on any atom is -0.381 e. The Balaban J connectivity index is 1.88. The van der Waals surface area contributed by atoms with E-state index in [2.05, 4.69) is 10.3 Å². The fraction of sp³-hybridized carbons (Fsp3) is 0.857. The molecule has 0 aromatic carbocycles. The lowest BCUT2D eigenvalue weighted by Gasteiger charge is -2.33. The summed E-state index contributed by atoms with van der Waals surface area (Å²) in [5, 5.41) is 8.53. The number of fused-ring (bicyclic) bond motifs is 1. The summed E-state index contributed by atoms with van der Waals surface area (Å²) in [5.41, 5.74) is 1.81. The zero-order chi connectivity index (χ0) is 16.6. The van der Waals surface area contributed by atoms with Crippen LogP contribution in [0.2, 0.25) is 0 Å². The van der Waals surface area contributed by atoms with Crippen molar-refractivity contribution in [2.75, 3.05) is 33.9 Å². The van der Waals surface area contributed by atoms with Gasteiger partial charge in [-0.3, -0.25) is 0 Å². The Morgan fingerprint density at radius 2 is 2.09 bits per heavy atom. The van der Waals surface area contributed by atoms with Gasteiger partial charge < -0.3 is 4.74 Å². The molecule has 9 heteroatoms. The van der Waals surface area contributed by atoms with E-state index in [4.69, 9.17) is 4.74 Å². The second-order valence-electron chi connectivity index (χ2n) is 6.49. The molecule has 1 fully saturated rings. The van der Waals surface area contributed by atoms with E-state index in [1.165, 1.54) is 21.5 Å². The van der Waals surface area contributed by atoms with Crippen molar-refractivity contribution < 1.29 is 13.2 Å². The number of nitrogens with zero attached hydrogens (tertiary/aromatic N) is 5. The first-order valence-corrected chi connectivity index (χ1v) is 9.50. The molecule has 1 aliphatic heterocycles. The average Bonchev–Trinajstić information content (AvgIpc) is 3.23. The lowest BCUT2D eigenvalue weighted by molar-refractivity contribution is 0.117. The molecule has 1 aliphatic carbocycles. The van der Waals surface area contributed by atoms with Gasteiger partial charge in [0.1, 0.15) is 5.69 Å². The largest absolute Gasteiger partial charge is 0.381 e. The van der Waals surface area contributed by atoms with Crippen LogP contribution in [-0.4, -0.2) is 65.9 Å². The van der Waals surface area contributed by atoms with E-state index in [0.29, 0.717) is 25.7 Å². The second-order valence-corrected chi connectivity index (χ2v) is 8.63. The highest BCUT2D eigenvalue weighted by Crippen LogP contribution is 2.34. The molecule has 23 heavy (non-hydrogen) atoms. The lowest BCUT2D eigenvalue weighted by Crippen LogP contribution is -2.45. The van der Waals surface area contributed by atoms with E-state index in [0.717, 1.165) is 17.9 Å². The topological polar surface area (TPSA) is 80.6 Å². The third-order valence-corrected chi connectivity index (χ3v) is 6.28. The van der Waals surface area contributed by atoms with Crippen molar-refractivity contribution in [3.8, 4) is 0 Å². The van der Waals surface area contributed by atoms with Crippen molar-refractivity contribution in [3.63, 3.8) is 0 Å². The van der Waals surface area contributed by atoms with Crippen LogP contribution in [0.15, 0.2) is 0 Å². The highest BCUT2D eigenvalue weighted by molar-refractivity contribution is 7.86. The van der Waals surface area contributed by atoms with Crippen molar-refractivity contribution in [3.05, 3.63) is 11.4 Å². The molecule has 130 valence electrons. The summed E-state index contributed by atoms with van der Waals surface area (Å²) < 4.78 is 35.2. The second kappa shape index (κ2) is 6.46. The first kappa shape index (κ1) is 16.8. The van der Waals surface area contributed by atoms with Gasteiger partial charge >= 0.3 is 0 Å². The molecule has 0 radical (unpaired) electrons. The normalized spacial score (nSPS) is 22.5. The van der Waals surface area contributed by atoms with Crippen molar-refractivity contribution in [1.29, 1.82) is 0 Å². The molecule has 0 amide bonds. The molecular weight excluding hydrogens is 318 g/mol. The van der Waals surface area contributed by atoms with Crippen LogP contribution in [0.5, 0.6) is 0 Å². The molecule has 1 atom stereocenters. The molecule has 2 aliphatic rings. The lowest BCUT2D eigenvalue weighted by atomic mass is 10.0. The van der Waals surface area contributed by atoms with E-state index in [1.54, 1.807) is 14.1 Å². The minimum absolute atomic E-state index is 0.0258. The summed E-state index contributed by atoms with van der Waals surface area (Å²) in [6, 6.07) is 0. The molecule has 0 spiro atoms. The Morgan fingerprint density at radius 3 is 2.70 bits per heavy atom. The van der Waals surface area contributed by atoms with Crippen LogP contribution in [0, 0.1) is 5.92 Å². The molecule has 1 aromatic rings. The quantitative estimate of drug-likeness (QED) is 0.717. The molecule has 2 heterocycles. The summed E-state index contributed by atoms with van der Waals surface area (Å²) in [6.07, 6.45) is 2.48. The zero-order valence-electron chi connectivity index (χ0n) is 14.0. The van der Waals surface area contributed by atoms with Crippen LogP contribution < -0.4 is 0 Å². The van der Waals surface area contributed by atoms with Gasteiger partial charge in [0.15, 0.2) is 0 Å². The smallest absolute Gasteiger partial charge is 0.281 e. The van der Waals surface area contributed by atoms with Crippen molar-refractivity contribution in [2.45, 2.75) is 38.8 Å². The minimum atomic E-state index is -3.47. The van der Waals surface area contributed by atoms with E-state index in [-0.39, 0.29) is 12.5 Å².